The minimum atomic E-state index is 0. The molecular weight excluding hydrogens is 231 g/mol. The highest BCUT2D eigenvalue weighted by Gasteiger charge is 2.29. The van der Waals surface area contributed by atoms with Crippen molar-refractivity contribution in [3.63, 3.8) is 0 Å². The van der Waals surface area contributed by atoms with E-state index in [9.17, 15) is 0 Å². The van der Waals surface area contributed by atoms with Crippen LogP contribution in [0.4, 0.5) is 0 Å². The fourth-order valence-electron chi connectivity index (χ4n) is 2.86. The van der Waals surface area contributed by atoms with Gasteiger partial charge in [-0.3, -0.25) is 4.90 Å². The Bertz CT molecular complexity index is 159. The van der Waals surface area contributed by atoms with Gasteiger partial charge in [0.25, 0.3) is 0 Å². The molecule has 0 aromatic heterocycles. The van der Waals surface area contributed by atoms with Gasteiger partial charge in [-0.1, -0.05) is 13.3 Å². The van der Waals surface area contributed by atoms with Crippen LogP contribution >= 0.6 is 24.8 Å². The summed E-state index contributed by atoms with van der Waals surface area (Å²) in [6.07, 6.45) is 7.03. The van der Waals surface area contributed by atoms with Gasteiger partial charge < -0.3 is 5.32 Å². The average Bonchev–Trinajstić information content (AvgIpc) is 2.70. The summed E-state index contributed by atoms with van der Waals surface area (Å²) < 4.78 is 0. The highest BCUT2D eigenvalue weighted by molar-refractivity contribution is 5.85. The van der Waals surface area contributed by atoms with Gasteiger partial charge in [-0.05, 0) is 38.8 Å². The molecule has 2 atom stereocenters. The first-order valence-electron chi connectivity index (χ1n) is 5.88. The molecule has 0 saturated carbocycles. The standard InChI is InChI=1S/C11H22N2.2ClH/c1-2-10-5-3-4-8-13(10)11-6-7-12-9-11;;/h10-12H,2-9H2,1H3;2*1H. The SMILES string of the molecule is CCC1CCCCN1C1CCNC1.Cl.Cl. The molecule has 1 N–H and O–H groups in total. The summed E-state index contributed by atoms with van der Waals surface area (Å²) in [7, 11) is 0. The molecule has 15 heavy (non-hydrogen) atoms. The summed E-state index contributed by atoms with van der Waals surface area (Å²) in [5.74, 6) is 0. The van der Waals surface area contributed by atoms with E-state index in [0.717, 1.165) is 12.1 Å². The normalized spacial score (nSPS) is 31.8. The number of piperidine rings is 1. The summed E-state index contributed by atoms with van der Waals surface area (Å²) in [5, 5.41) is 3.47. The maximum atomic E-state index is 3.47. The highest BCUT2D eigenvalue weighted by atomic mass is 35.5. The van der Waals surface area contributed by atoms with Crippen LogP contribution in [0.3, 0.4) is 0 Å². The van der Waals surface area contributed by atoms with Crippen LogP contribution in [0.1, 0.15) is 39.0 Å². The molecule has 2 aliphatic heterocycles. The molecule has 2 fully saturated rings. The Kier molecular flexibility index (Phi) is 7.98. The number of nitrogens with one attached hydrogen (secondary N) is 1. The molecule has 2 aliphatic rings. The number of halogens is 2. The molecule has 2 heterocycles. The van der Waals surface area contributed by atoms with Crippen molar-refractivity contribution in [1.82, 2.24) is 10.2 Å². The van der Waals surface area contributed by atoms with Crippen LogP contribution in [0.15, 0.2) is 0 Å². The Balaban J connectivity index is 0.000000980. The molecule has 2 rings (SSSR count). The third-order valence-electron chi connectivity index (χ3n) is 3.65. The first-order valence-corrected chi connectivity index (χ1v) is 5.88. The fraction of sp³-hybridized carbons (Fsp3) is 1.00. The number of hydrogen-bond donors (Lipinski definition) is 1. The Morgan fingerprint density at radius 1 is 1.20 bits per heavy atom. The van der Waals surface area contributed by atoms with E-state index in [2.05, 4.69) is 17.1 Å². The fourth-order valence-corrected chi connectivity index (χ4v) is 2.86. The Labute approximate surface area is 106 Å². The van der Waals surface area contributed by atoms with Gasteiger partial charge in [-0.2, -0.15) is 0 Å². The van der Waals surface area contributed by atoms with Gasteiger partial charge in [0.2, 0.25) is 0 Å². The second-order valence-electron chi connectivity index (χ2n) is 4.44. The van der Waals surface area contributed by atoms with Crippen molar-refractivity contribution in [3.05, 3.63) is 0 Å². The van der Waals surface area contributed by atoms with Crippen LogP contribution in [-0.2, 0) is 0 Å². The van der Waals surface area contributed by atoms with Crippen molar-refractivity contribution >= 4 is 24.8 Å². The number of hydrogen-bond acceptors (Lipinski definition) is 2. The molecule has 2 saturated heterocycles. The van der Waals surface area contributed by atoms with Gasteiger partial charge in [-0.15, -0.1) is 24.8 Å². The average molecular weight is 255 g/mol. The topological polar surface area (TPSA) is 15.3 Å². The van der Waals surface area contributed by atoms with Gasteiger partial charge in [0.05, 0.1) is 0 Å². The van der Waals surface area contributed by atoms with Crippen molar-refractivity contribution in [3.8, 4) is 0 Å². The maximum Gasteiger partial charge on any atom is 0.0235 e. The molecule has 0 aromatic carbocycles. The maximum absolute atomic E-state index is 3.47. The quantitative estimate of drug-likeness (QED) is 0.815. The van der Waals surface area contributed by atoms with Crippen LogP contribution in [0.2, 0.25) is 0 Å². The third kappa shape index (κ3) is 3.77. The molecule has 0 spiro atoms. The molecule has 4 heteroatoms. The smallest absolute Gasteiger partial charge is 0.0235 e. The van der Waals surface area contributed by atoms with E-state index in [1.54, 1.807) is 0 Å². The van der Waals surface area contributed by atoms with Gasteiger partial charge >= 0.3 is 0 Å². The van der Waals surface area contributed by atoms with Crippen LogP contribution in [0.25, 0.3) is 0 Å². The predicted molar refractivity (Wildman–Crippen MR) is 70.4 cm³/mol. The van der Waals surface area contributed by atoms with E-state index in [4.69, 9.17) is 0 Å². The van der Waals surface area contributed by atoms with E-state index >= 15 is 0 Å². The first kappa shape index (κ1) is 15.5. The zero-order valence-corrected chi connectivity index (χ0v) is 11.2. The molecule has 2 unspecified atom stereocenters. The summed E-state index contributed by atoms with van der Waals surface area (Å²) in [4.78, 5) is 2.77. The largest absolute Gasteiger partial charge is 0.315 e. The molecule has 0 amide bonds. The molecule has 0 radical (unpaired) electrons. The summed E-state index contributed by atoms with van der Waals surface area (Å²) in [6, 6.07) is 1.74. The van der Waals surface area contributed by atoms with E-state index in [-0.39, 0.29) is 24.8 Å². The number of likely N-dealkylation sites (tertiary alicyclic amines) is 1. The Hall–Kier alpha value is 0.500. The van der Waals surface area contributed by atoms with Gasteiger partial charge in [-0.25, -0.2) is 0 Å². The second-order valence-corrected chi connectivity index (χ2v) is 4.44. The van der Waals surface area contributed by atoms with Crippen molar-refractivity contribution < 1.29 is 0 Å². The van der Waals surface area contributed by atoms with E-state index < -0.39 is 0 Å². The highest BCUT2D eigenvalue weighted by Crippen LogP contribution is 2.23. The second kappa shape index (κ2) is 7.72. The lowest BCUT2D eigenvalue weighted by Crippen LogP contribution is -2.46. The van der Waals surface area contributed by atoms with Crippen LogP contribution < -0.4 is 5.32 Å². The lowest BCUT2D eigenvalue weighted by atomic mass is 9.97. The van der Waals surface area contributed by atoms with Gasteiger partial charge in [0.15, 0.2) is 0 Å². The van der Waals surface area contributed by atoms with Gasteiger partial charge in [0, 0.05) is 18.6 Å². The Morgan fingerprint density at radius 2 is 2.00 bits per heavy atom. The number of rotatable bonds is 2. The molecule has 2 nitrogen and oxygen atoms in total. The van der Waals surface area contributed by atoms with Gasteiger partial charge in [0.1, 0.15) is 0 Å². The predicted octanol–water partition coefficient (Wildman–Crippen LogP) is 2.46. The minimum absolute atomic E-state index is 0. The summed E-state index contributed by atoms with van der Waals surface area (Å²) >= 11 is 0. The lowest BCUT2D eigenvalue weighted by molar-refractivity contribution is 0.100. The zero-order valence-electron chi connectivity index (χ0n) is 9.58. The molecule has 92 valence electrons. The minimum Gasteiger partial charge on any atom is -0.315 e. The molecular formula is C11H24Cl2N2. The van der Waals surface area contributed by atoms with E-state index in [0.29, 0.717) is 0 Å². The number of nitrogens with zero attached hydrogens (tertiary/aromatic N) is 1. The lowest BCUT2D eigenvalue weighted by Gasteiger charge is -2.39. The van der Waals surface area contributed by atoms with Crippen molar-refractivity contribution in [2.75, 3.05) is 19.6 Å². The first-order chi connectivity index (χ1) is 6.42. The zero-order chi connectivity index (χ0) is 9.10. The van der Waals surface area contributed by atoms with Crippen molar-refractivity contribution in [2.24, 2.45) is 0 Å². The van der Waals surface area contributed by atoms with Crippen LogP contribution in [0.5, 0.6) is 0 Å². The van der Waals surface area contributed by atoms with Crippen molar-refractivity contribution in [1.29, 1.82) is 0 Å². The summed E-state index contributed by atoms with van der Waals surface area (Å²) in [6.45, 7) is 6.16. The Morgan fingerprint density at radius 3 is 2.60 bits per heavy atom. The third-order valence-corrected chi connectivity index (χ3v) is 3.65. The van der Waals surface area contributed by atoms with Crippen LogP contribution in [-0.4, -0.2) is 36.6 Å². The van der Waals surface area contributed by atoms with Crippen LogP contribution in [0, 0.1) is 0 Å². The molecule has 0 aliphatic carbocycles. The molecule has 0 aromatic rings. The summed E-state index contributed by atoms with van der Waals surface area (Å²) in [5.41, 5.74) is 0. The molecule has 0 bridgehead atoms. The van der Waals surface area contributed by atoms with E-state index in [1.807, 2.05) is 0 Å². The monoisotopic (exact) mass is 254 g/mol. The van der Waals surface area contributed by atoms with E-state index in [1.165, 1.54) is 51.7 Å². The van der Waals surface area contributed by atoms with Crippen molar-refractivity contribution in [2.45, 2.75) is 51.1 Å².